The smallest absolute Gasteiger partial charge is 0.275 e. The molecule has 0 radical (unpaired) electrons. The quantitative estimate of drug-likeness (QED) is 0.765. The Morgan fingerprint density at radius 2 is 2.15 bits per heavy atom. The number of carbonyl (C=O) groups is 1. The zero-order valence-corrected chi connectivity index (χ0v) is 12.7. The SMILES string of the molecule is Cc1csc2nc(C(=O)Nc3ccc(Cl)c(Cl)c3)cn12. The van der Waals surface area contributed by atoms with Crippen molar-refractivity contribution < 1.29 is 4.79 Å². The highest BCUT2D eigenvalue weighted by atomic mass is 35.5. The Bertz CT molecular complexity index is 809. The van der Waals surface area contributed by atoms with Gasteiger partial charge in [0, 0.05) is 23.0 Å². The molecule has 7 heteroatoms. The molecule has 0 unspecified atom stereocenters. The minimum absolute atomic E-state index is 0.279. The van der Waals surface area contributed by atoms with Gasteiger partial charge in [0.05, 0.1) is 10.0 Å². The molecule has 0 fully saturated rings. The van der Waals surface area contributed by atoms with Gasteiger partial charge in [-0.05, 0) is 25.1 Å². The minimum Gasteiger partial charge on any atom is -0.321 e. The number of hydrogen-bond acceptors (Lipinski definition) is 3. The lowest BCUT2D eigenvalue weighted by molar-refractivity contribution is 0.102. The van der Waals surface area contributed by atoms with E-state index in [0.29, 0.717) is 21.4 Å². The fourth-order valence-corrected chi connectivity index (χ4v) is 2.92. The normalized spacial score (nSPS) is 10.9. The summed E-state index contributed by atoms with van der Waals surface area (Å²) < 4.78 is 1.88. The van der Waals surface area contributed by atoms with Crippen LogP contribution in [0.3, 0.4) is 0 Å². The largest absolute Gasteiger partial charge is 0.321 e. The van der Waals surface area contributed by atoms with Crippen LogP contribution < -0.4 is 5.32 Å². The Morgan fingerprint density at radius 1 is 1.35 bits per heavy atom. The fraction of sp³-hybridized carbons (Fsp3) is 0.0769. The van der Waals surface area contributed by atoms with E-state index in [1.54, 1.807) is 24.4 Å². The van der Waals surface area contributed by atoms with E-state index >= 15 is 0 Å². The maximum Gasteiger partial charge on any atom is 0.275 e. The fourth-order valence-electron chi connectivity index (χ4n) is 1.77. The Balaban J connectivity index is 1.86. The Morgan fingerprint density at radius 3 is 2.85 bits per heavy atom. The molecule has 4 nitrogen and oxygen atoms in total. The topological polar surface area (TPSA) is 46.4 Å². The molecule has 1 aromatic carbocycles. The standard InChI is InChI=1S/C13H9Cl2N3OS/c1-7-6-20-13-17-11(5-18(7)13)12(19)16-8-2-3-9(14)10(15)4-8/h2-6H,1H3,(H,16,19). The van der Waals surface area contributed by atoms with Crippen LogP contribution >= 0.6 is 34.5 Å². The summed E-state index contributed by atoms with van der Waals surface area (Å²) >= 11 is 13.2. The molecule has 0 spiro atoms. The van der Waals surface area contributed by atoms with Crippen molar-refractivity contribution in [2.45, 2.75) is 6.92 Å². The number of benzene rings is 1. The van der Waals surface area contributed by atoms with Gasteiger partial charge in [-0.3, -0.25) is 9.20 Å². The summed E-state index contributed by atoms with van der Waals surface area (Å²) in [6, 6.07) is 4.93. The number of rotatable bonds is 2. The zero-order valence-electron chi connectivity index (χ0n) is 10.4. The van der Waals surface area contributed by atoms with Gasteiger partial charge in [-0.1, -0.05) is 23.2 Å². The Kier molecular flexibility index (Phi) is 3.41. The zero-order chi connectivity index (χ0) is 14.3. The lowest BCUT2D eigenvalue weighted by atomic mass is 10.3. The number of aryl methyl sites for hydroxylation is 1. The maximum absolute atomic E-state index is 12.1. The summed E-state index contributed by atoms with van der Waals surface area (Å²) in [6.07, 6.45) is 1.72. The van der Waals surface area contributed by atoms with Gasteiger partial charge in [0.1, 0.15) is 5.69 Å². The highest BCUT2D eigenvalue weighted by Gasteiger charge is 2.13. The van der Waals surface area contributed by atoms with Crippen molar-refractivity contribution in [3.05, 3.63) is 51.2 Å². The van der Waals surface area contributed by atoms with Crippen molar-refractivity contribution in [2.75, 3.05) is 5.32 Å². The van der Waals surface area contributed by atoms with Gasteiger partial charge in [0.15, 0.2) is 4.96 Å². The molecule has 0 aliphatic heterocycles. The molecule has 0 saturated carbocycles. The van der Waals surface area contributed by atoms with Crippen molar-refractivity contribution in [1.29, 1.82) is 0 Å². The van der Waals surface area contributed by atoms with Crippen LogP contribution in [0.4, 0.5) is 5.69 Å². The molecule has 2 heterocycles. The molecule has 2 aromatic heterocycles. The molecule has 0 aliphatic rings. The Hall–Kier alpha value is -1.56. The number of hydrogen-bond donors (Lipinski definition) is 1. The molecule has 0 bridgehead atoms. The first-order valence-corrected chi connectivity index (χ1v) is 7.38. The van der Waals surface area contributed by atoms with Crippen molar-refractivity contribution in [3.63, 3.8) is 0 Å². The van der Waals surface area contributed by atoms with Crippen molar-refractivity contribution >= 4 is 51.1 Å². The maximum atomic E-state index is 12.1. The van der Waals surface area contributed by atoms with Gasteiger partial charge in [-0.2, -0.15) is 0 Å². The second kappa shape index (κ2) is 5.09. The molecule has 0 aliphatic carbocycles. The molecule has 20 heavy (non-hydrogen) atoms. The number of nitrogens with zero attached hydrogens (tertiary/aromatic N) is 2. The summed E-state index contributed by atoms with van der Waals surface area (Å²) in [5, 5.41) is 5.57. The summed E-state index contributed by atoms with van der Waals surface area (Å²) in [4.78, 5) is 17.2. The second-order valence-corrected chi connectivity index (χ2v) is 5.89. The van der Waals surface area contributed by atoms with E-state index in [9.17, 15) is 4.79 Å². The first kappa shape index (κ1) is 13.4. The number of anilines is 1. The molecule has 1 N–H and O–H groups in total. The van der Waals surface area contributed by atoms with E-state index in [2.05, 4.69) is 10.3 Å². The van der Waals surface area contributed by atoms with E-state index in [4.69, 9.17) is 23.2 Å². The lowest BCUT2D eigenvalue weighted by Gasteiger charge is -2.04. The third kappa shape index (κ3) is 2.40. The van der Waals surface area contributed by atoms with E-state index in [1.165, 1.54) is 11.3 Å². The summed E-state index contributed by atoms with van der Waals surface area (Å²) in [7, 11) is 0. The third-order valence-corrected chi connectivity index (χ3v) is 4.50. The number of halogens is 2. The number of fused-ring (bicyclic) bond motifs is 1. The van der Waals surface area contributed by atoms with Crippen LogP contribution in [0.15, 0.2) is 29.8 Å². The number of amides is 1. The number of nitrogens with one attached hydrogen (secondary N) is 1. The van der Waals surface area contributed by atoms with Crippen molar-refractivity contribution in [1.82, 2.24) is 9.38 Å². The molecule has 102 valence electrons. The molecule has 0 atom stereocenters. The number of carbonyl (C=O) groups excluding carboxylic acids is 1. The van der Waals surface area contributed by atoms with Crippen LogP contribution in [0.2, 0.25) is 10.0 Å². The molecule has 1 amide bonds. The molecule has 0 saturated heterocycles. The highest BCUT2D eigenvalue weighted by molar-refractivity contribution is 7.15. The molecular formula is C13H9Cl2N3OS. The number of thiazole rings is 1. The highest BCUT2D eigenvalue weighted by Crippen LogP contribution is 2.25. The van der Waals surface area contributed by atoms with Crippen LogP contribution in [0.1, 0.15) is 16.2 Å². The second-order valence-electron chi connectivity index (χ2n) is 4.24. The Labute approximate surface area is 129 Å². The van der Waals surface area contributed by atoms with Gasteiger partial charge >= 0.3 is 0 Å². The van der Waals surface area contributed by atoms with Gasteiger partial charge in [-0.15, -0.1) is 11.3 Å². The van der Waals surface area contributed by atoms with Crippen LogP contribution in [0, 0.1) is 6.92 Å². The average molecular weight is 326 g/mol. The van der Waals surface area contributed by atoms with E-state index < -0.39 is 0 Å². The van der Waals surface area contributed by atoms with Crippen LogP contribution in [0.5, 0.6) is 0 Å². The van der Waals surface area contributed by atoms with Crippen LogP contribution in [-0.4, -0.2) is 15.3 Å². The van der Waals surface area contributed by atoms with Gasteiger partial charge in [-0.25, -0.2) is 4.98 Å². The lowest BCUT2D eigenvalue weighted by Crippen LogP contribution is -2.12. The van der Waals surface area contributed by atoms with Crippen molar-refractivity contribution in [3.8, 4) is 0 Å². The predicted molar refractivity (Wildman–Crippen MR) is 82.2 cm³/mol. The van der Waals surface area contributed by atoms with Crippen molar-refractivity contribution in [2.24, 2.45) is 0 Å². The summed E-state index contributed by atoms with van der Waals surface area (Å²) in [5.74, 6) is -0.279. The van der Waals surface area contributed by atoms with Crippen LogP contribution in [-0.2, 0) is 0 Å². The first-order valence-electron chi connectivity index (χ1n) is 5.74. The van der Waals surface area contributed by atoms with Gasteiger partial charge in [0.25, 0.3) is 5.91 Å². The summed E-state index contributed by atoms with van der Waals surface area (Å²) in [6.45, 7) is 1.96. The predicted octanol–water partition coefficient (Wildman–Crippen LogP) is 4.26. The average Bonchev–Trinajstić information content (AvgIpc) is 2.97. The summed E-state index contributed by atoms with van der Waals surface area (Å²) in [5.41, 5.74) is 1.99. The number of imidazole rings is 1. The van der Waals surface area contributed by atoms with E-state index in [-0.39, 0.29) is 5.91 Å². The molecular weight excluding hydrogens is 317 g/mol. The van der Waals surface area contributed by atoms with E-state index in [1.807, 2.05) is 16.7 Å². The van der Waals surface area contributed by atoms with Gasteiger partial charge in [0.2, 0.25) is 0 Å². The van der Waals surface area contributed by atoms with E-state index in [0.717, 1.165) is 10.7 Å². The monoisotopic (exact) mass is 325 g/mol. The molecule has 3 rings (SSSR count). The number of aromatic nitrogens is 2. The van der Waals surface area contributed by atoms with Gasteiger partial charge < -0.3 is 5.32 Å². The third-order valence-electron chi connectivity index (χ3n) is 2.80. The first-order chi connectivity index (χ1) is 9.54. The van der Waals surface area contributed by atoms with Crippen LogP contribution in [0.25, 0.3) is 4.96 Å². The molecule has 3 aromatic rings. The minimum atomic E-state index is -0.279.